The number of amides is 1. The minimum absolute atomic E-state index is 0.192. The average molecular weight is 283 g/mol. The first-order valence-corrected chi connectivity index (χ1v) is 8.01. The Bertz CT molecular complexity index is 295. The molecule has 2 fully saturated rings. The monoisotopic (exact) mass is 283 g/mol. The van der Waals surface area contributed by atoms with Crippen molar-refractivity contribution in [2.75, 3.05) is 59.0 Å². The predicted octanol–water partition coefficient (Wildman–Crippen LogP) is 0.651. The van der Waals surface area contributed by atoms with Gasteiger partial charge >= 0.3 is 0 Å². The lowest BCUT2D eigenvalue weighted by Crippen LogP contribution is -2.47. The van der Waals surface area contributed by atoms with E-state index >= 15 is 0 Å². The van der Waals surface area contributed by atoms with Crippen LogP contribution in [0.25, 0.3) is 0 Å². The molecule has 5 nitrogen and oxygen atoms in total. The molecule has 2 heterocycles. The van der Waals surface area contributed by atoms with Gasteiger partial charge in [0.1, 0.15) is 0 Å². The van der Waals surface area contributed by atoms with E-state index in [-0.39, 0.29) is 5.91 Å². The molecule has 0 aromatic carbocycles. The topological polar surface area (TPSA) is 36.0 Å². The molecule has 0 N–H and O–H groups in total. The zero-order valence-electron chi connectivity index (χ0n) is 13.0. The summed E-state index contributed by atoms with van der Waals surface area (Å²) in [6.45, 7) is 13.3. The molecule has 0 aromatic heterocycles. The fraction of sp³-hybridized carbons (Fsp3) is 0.933. The van der Waals surface area contributed by atoms with Gasteiger partial charge in [-0.25, -0.2) is 0 Å². The number of likely N-dealkylation sites (tertiary alicyclic amines) is 1. The van der Waals surface area contributed by atoms with Gasteiger partial charge in [-0.15, -0.1) is 0 Å². The summed E-state index contributed by atoms with van der Waals surface area (Å²) in [5, 5.41) is 0. The van der Waals surface area contributed by atoms with Crippen LogP contribution in [0, 0.1) is 0 Å². The highest BCUT2D eigenvalue weighted by Crippen LogP contribution is 2.13. The molecule has 0 saturated carbocycles. The summed E-state index contributed by atoms with van der Waals surface area (Å²) in [5.41, 5.74) is 0. The van der Waals surface area contributed by atoms with Crippen LogP contribution in [-0.2, 0) is 9.53 Å². The summed E-state index contributed by atoms with van der Waals surface area (Å²) in [7, 11) is 0. The van der Waals surface area contributed by atoms with Gasteiger partial charge in [0, 0.05) is 52.7 Å². The zero-order chi connectivity index (χ0) is 14.4. The van der Waals surface area contributed by atoms with Gasteiger partial charge in [0.25, 0.3) is 0 Å². The molecule has 2 rings (SSSR count). The molecule has 2 aliphatic heterocycles. The van der Waals surface area contributed by atoms with Crippen LogP contribution in [0.3, 0.4) is 0 Å². The molecule has 1 amide bonds. The van der Waals surface area contributed by atoms with Crippen LogP contribution in [0.5, 0.6) is 0 Å². The number of carbonyl (C=O) groups is 1. The van der Waals surface area contributed by atoms with E-state index in [0.29, 0.717) is 6.10 Å². The Kier molecular flexibility index (Phi) is 6.26. The molecule has 2 saturated heterocycles. The smallest absolute Gasteiger partial charge is 0.219 e. The highest BCUT2D eigenvalue weighted by atomic mass is 16.5. The maximum absolute atomic E-state index is 11.3. The molecule has 0 aromatic rings. The van der Waals surface area contributed by atoms with E-state index in [1.54, 1.807) is 6.92 Å². The third-order valence-electron chi connectivity index (χ3n) is 4.56. The number of rotatable bonds is 5. The van der Waals surface area contributed by atoms with E-state index in [1.165, 1.54) is 32.7 Å². The van der Waals surface area contributed by atoms with Gasteiger partial charge in [0.2, 0.25) is 5.91 Å². The lowest BCUT2D eigenvalue weighted by molar-refractivity contribution is -0.131. The molecule has 116 valence electrons. The summed E-state index contributed by atoms with van der Waals surface area (Å²) in [5.74, 6) is 0.192. The third-order valence-corrected chi connectivity index (χ3v) is 4.56. The fourth-order valence-corrected chi connectivity index (χ4v) is 3.01. The largest absolute Gasteiger partial charge is 0.377 e. The summed E-state index contributed by atoms with van der Waals surface area (Å²) < 4.78 is 5.97. The summed E-state index contributed by atoms with van der Waals surface area (Å²) in [6, 6.07) is 0. The third kappa shape index (κ3) is 4.72. The lowest BCUT2D eigenvalue weighted by atomic mass is 10.1. The molecule has 0 bridgehead atoms. The van der Waals surface area contributed by atoms with Crippen molar-refractivity contribution in [2.45, 2.75) is 32.8 Å². The first-order chi connectivity index (χ1) is 9.69. The van der Waals surface area contributed by atoms with Crippen molar-refractivity contribution < 1.29 is 9.53 Å². The van der Waals surface area contributed by atoms with Crippen LogP contribution in [0.15, 0.2) is 0 Å². The van der Waals surface area contributed by atoms with Gasteiger partial charge in [-0.05, 0) is 19.4 Å². The predicted molar refractivity (Wildman–Crippen MR) is 79.8 cm³/mol. The van der Waals surface area contributed by atoms with Crippen molar-refractivity contribution in [3.63, 3.8) is 0 Å². The molecule has 0 atom stereocenters. The molecular weight excluding hydrogens is 254 g/mol. The first-order valence-electron chi connectivity index (χ1n) is 8.01. The first kappa shape index (κ1) is 15.7. The zero-order valence-corrected chi connectivity index (χ0v) is 13.0. The normalized spacial score (nSPS) is 23.2. The van der Waals surface area contributed by atoms with E-state index in [9.17, 15) is 4.79 Å². The Hall–Kier alpha value is -0.650. The summed E-state index contributed by atoms with van der Waals surface area (Å²) >= 11 is 0. The Balaban J connectivity index is 1.55. The Labute approximate surface area is 122 Å². The van der Waals surface area contributed by atoms with Crippen LogP contribution < -0.4 is 0 Å². The number of hydrogen-bond donors (Lipinski definition) is 0. The van der Waals surface area contributed by atoms with Gasteiger partial charge < -0.3 is 14.5 Å². The molecule has 20 heavy (non-hydrogen) atoms. The van der Waals surface area contributed by atoms with Crippen molar-refractivity contribution in [3.8, 4) is 0 Å². The van der Waals surface area contributed by atoms with Crippen molar-refractivity contribution in [1.82, 2.24) is 14.7 Å². The molecular formula is C15H29N3O2. The molecule has 5 heteroatoms. The second-order valence-electron chi connectivity index (χ2n) is 5.85. The number of piperazine rings is 1. The van der Waals surface area contributed by atoms with Crippen molar-refractivity contribution in [2.24, 2.45) is 0 Å². The van der Waals surface area contributed by atoms with Gasteiger partial charge in [-0.2, -0.15) is 0 Å². The van der Waals surface area contributed by atoms with Gasteiger partial charge in [0.05, 0.1) is 12.7 Å². The van der Waals surface area contributed by atoms with Crippen LogP contribution in [0.1, 0.15) is 26.7 Å². The quantitative estimate of drug-likeness (QED) is 0.742. The van der Waals surface area contributed by atoms with Crippen LogP contribution >= 0.6 is 0 Å². The lowest BCUT2D eigenvalue weighted by Gasteiger charge is -2.35. The van der Waals surface area contributed by atoms with Gasteiger partial charge in [-0.3, -0.25) is 9.69 Å². The second kappa shape index (κ2) is 7.96. The number of carbonyl (C=O) groups excluding carboxylic acids is 1. The Morgan fingerprint density at radius 2 is 1.65 bits per heavy atom. The number of likely N-dealkylation sites (N-methyl/N-ethyl adjacent to an activating group) is 1. The van der Waals surface area contributed by atoms with E-state index in [4.69, 9.17) is 4.74 Å². The highest BCUT2D eigenvalue weighted by Gasteiger charge is 2.21. The number of nitrogens with zero attached hydrogens (tertiary/aromatic N) is 3. The maximum atomic E-state index is 11.3. The standard InChI is InChI=1S/C15H29N3O2/c1-3-16-8-10-17(11-9-16)12-13-20-15-4-6-18(7-5-15)14(2)19/h15H,3-13H2,1-2H3. The van der Waals surface area contributed by atoms with Crippen molar-refractivity contribution >= 4 is 5.91 Å². The van der Waals surface area contributed by atoms with E-state index < -0.39 is 0 Å². The van der Waals surface area contributed by atoms with Crippen LogP contribution in [0.4, 0.5) is 0 Å². The Morgan fingerprint density at radius 3 is 2.20 bits per heavy atom. The number of ether oxygens (including phenoxy) is 1. The number of hydrogen-bond acceptors (Lipinski definition) is 4. The minimum Gasteiger partial charge on any atom is -0.377 e. The minimum atomic E-state index is 0.192. The summed E-state index contributed by atoms with van der Waals surface area (Å²) in [4.78, 5) is 18.2. The van der Waals surface area contributed by atoms with E-state index in [2.05, 4.69) is 16.7 Å². The van der Waals surface area contributed by atoms with Crippen LogP contribution in [0.2, 0.25) is 0 Å². The highest BCUT2D eigenvalue weighted by molar-refractivity contribution is 5.73. The van der Waals surface area contributed by atoms with Gasteiger partial charge in [0.15, 0.2) is 0 Å². The van der Waals surface area contributed by atoms with Crippen LogP contribution in [-0.4, -0.2) is 85.7 Å². The Morgan fingerprint density at radius 1 is 1.05 bits per heavy atom. The molecule has 0 radical (unpaired) electrons. The summed E-state index contributed by atoms with van der Waals surface area (Å²) in [6.07, 6.45) is 2.33. The SMILES string of the molecule is CCN1CCN(CCOC2CCN(C(C)=O)CC2)CC1. The molecule has 0 unspecified atom stereocenters. The van der Waals surface area contributed by atoms with Crippen molar-refractivity contribution in [1.29, 1.82) is 0 Å². The van der Waals surface area contributed by atoms with E-state index in [0.717, 1.165) is 39.1 Å². The van der Waals surface area contributed by atoms with Crippen molar-refractivity contribution in [3.05, 3.63) is 0 Å². The van der Waals surface area contributed by atoms with E-state index in [1.807, 2.05) is 4.90 Å². The maximum Gasteiger partial charge on any atom is 0.219 e. The molecule has 2 aliphatic rings. The second-order valence-corrected chi connectivity index (χ2v) is 5.85. The fourth-order valence-electron chi connectivity index (χ4n) is 3.01. The average Bonchev–Trinajstić information content (AvgIpc) is 2.48. The number of piperidine rings is 1. The molecule has 0 spiro atoms. The molecule has 0 aliphatic carbocycles. The van der Waals surface area contributed by atoms with Gasteiger partial charge in [-0.1, -0.05) is 6.92 Å².